The molecule has 0 unspecified atom stereocenters. The van der Waals surface area contributed by atoms with Gasteiger partial charge >= 0.3 is 0 Å². The Morgan fingerprint density at radius 3 is 2.19 bits per heavy atom. The van der Waals surface area contributed by atoms with Crippen molar-refractivity contribution in [2.45, 2.75) is 18.6 Å². The first-order valence-electron chi connectivity index (χ1n) is 15.7. The minimum absolute atomic E-state index is 0.0694. The van der Waals surface area contributed by atoms with Gasteiger partial charge in [-0.15, -0.1) is 0 Å². The second kappa shape index (κ2) is 16.9. The number of methoxy groups -OCH3 is 1. The van der Waals surface area contributed by atoms with Gasteiger partial charge in [-0.25, -0.2) is 4.39 Å². The summed E-state index contributed by atoms with van der Waals surface area (Å²) in [5.74, 6) is -1.89. The zero-order valence-electron chi connectivity index (χ0n) is 26.8. The molecule has 3 N–H and O–H groups in total. The van der Waals surface area contributed by atoms with Crippen LogP contribution in [0.2, 0.25) is 0 Å². The van der Waals surface area contributed by atoms with Crippen molar-refractivity contribution in [3.8, 4) is 5.75 Å². The molecule has 3 aromatic carbocycles. The number of nitrogens with one attached hydrogen (secondary N) is 3. The second-order valence-electron chi connectivity index (χ2n) is 11.2. The predicted molar refractivity (Wildman–Crippen MR) is 178 cm³/mol. The van der Waals surface area contributed by atoms with Crippen LogP contribution in [0.1, 0.15) is 53.3 Å². The van der Waals surface area contributed by atoms with Crippen LogP contribution in [0.3, 0.4) is 0 Å². The summed E-state index contributed by atoms with van der Waals surface area (Å²) in [7, 11) is 1.59. The van der Waals surface area contributed by atoms with E-state index in [1.54, 1.807) is 19.4 Å². The highest BCUT2D eigenvalue weighted by atomic mass is 19.1. The van der Waals surface area contributed by atoms with Crippen LogP contribution in [-0.4, -0.2) is 95.7 Å². The van der Waals surface area contributed by atoms with E-state index in [-0.39, 0.29) is 59.6 Å². The normalized spacial score (nSPS) is 16.4. The predicted octanol–water partition coefficient (Wildman–Crippen LogP) is 3.19. The van der Waals surface area contributed by atoms with Gasteiger partial charge in [0.05, 0.1) is 51.7 Å². The first-order valence-corrected chi connectivity index (χ1v) is 15.7. The fourth-order valence-electron chi connectivity index (χ4n) is 5.39. The first-order chi connectivity index (χ1) is 23.4. The first kappa shape index (κ1) is 34.6. The lowest BCUT2D eigenvalue weighted by Gasteiger charge is -2.21. The minimum Gasteiger partial charge on any atom is -0.490 e. The van der Waals surface area contributed by atoms with E-state index in [4.69, 9.17) is 18.9 Å². The standard InChI is InChI=1S/C36H39FN4O7/c1-3-23-10-11-31(48-17-16-47-15-14-46-13-12-45-2)32(33(23)37)34(42)24-4-6-25(7-5-24)35(43)40-29-21-39-22-30(29)41-36(44)26-8-9-27-19-38-20-28(27)18-26/h3-11,18-19,29-30,39H,1,12-17,20-22H2,2H3,(H,40,43)(H,41,44)/t29-,30+/m1/s1. The number of rotatable bonds is 17. The van der Waals surface area contributed by atoms with E-state index < -0.39 is 11.6 Å². The molecule has 252 valence electrons. The molecule has 0 radical (unpaired) electrons. The van der Waals surface area contributed by atoms with Gasteiger partial charge in [0.15, 0.2) is 5.78 Å². The summed E-state index contributed by atoms with van der Waals surface area (Å²) in [6.45, 7) is 7.15. The smallest absolute Gasteiger partial charge is 0.251 e. The van der Waals surface area contributed by atoms with Gasteiger partial charge in [0, 0.05) is 48.7 Å². The highest BCUT2D eigenvalue weighted by molar-refractivity contribution is 6.11. The van der Waals surface area contributed by atoms with Gasteiger partial charge in [-0.05, 0) is 47.5 Å². The lowest BCUT2D eigenvalue weighted by atomic mass is 9.98. The van der Waals surface area contributed by atoms with Gasteiger partial charge < -0.3 is 34.9 Å². The molecule has 12 heteroatoms. The topological polar surface area (TPSA) is 137 Å². The van der Waals surface area contributed by atoms with Crippen LogP contribution in [-0.2, 0) is 20.8 Å². The molecule has 0 aliphatic carbocycles. The van der Waals surface area contributed by atoms with E-state index >= 15 is 4.39 Å². The van der Waals surface area contributed by atoms with E-state index in [0.717, 1.165) is 11.1 Å². The number of nitrogens with zero attached hydrogens (tertiary/aromatic N) is 1. The van der Waals surface area contributed by atoms with Crippen molar-refractivity contribution in [3.05, 3.63) is 106 Å². The number of ether oxygens (including phenoxy) is 4. The summed E-state index contributed by atoms with van der Waals surface area (Å²) in [6, 6.07) is 13.7. The summed E-state index contributed by atoms with van der Waals surface area (Å²) in [6.07, 6.45) is 3.11. The van der Waals surface area contributed by atoms with Crippen LogP contribution in [0.25, 0.3) is 6.08 Å². The molecule has 0 bridgehead atoms. The molecule has 0 aromatic heterocycles. The Balaban J connectivity index is 1.18. The molecule has 1 saturated heterocycles. The van der Waals surface area contributed by atoms with E-state index in [2.05, 4.69) is 27.5 Å². The Morgan fingerprint density at radius 2 is 1.50 bits per heavy atom. The van der Waals surface area contributed by atoms with E-state index in [9.17, 15) is 14.4 Å². The molecule has 2 aliphatic rings. The summed E-state index contributed by atoms with van der Waals surface area (Å²) in [5.41, 5.74) is 2.94. The number of benzene rings is 3. The van der Waals surface area contributed by atoms with Gasteiger partial charge in [0.1, 0.15) is 23.7 Å². The van der Waals surface area contributed by atoms with Crippen molar-refractivity contribution in [2.24, 2.45) is 4.99 Å². The monoisotopic (exact) mass is 658 g/mol. The number of fused-ring (bicyclic) bond motifs is 1. The van der Waals surface area contributed by atoms with Crippen molar-refractivity contribution < 1.29 is 37.7 Å². The Morgan fingerprint density at radius 1 is 0.875 bits per heavy atom. The summed E-state index contributed by atoms with van der Waals surface area (Å²) in [4.78, 5) is 43.9. The summed E-state index contributed by atoms with van der Waals surface area (Å²) < 4.78 is 36.9. The number of halogens is 1. The molecule has 2 atom stereocenters. The maximum absolute atomic E-state index is 15.4. The SMILES string of the molecule is C=Cc1ccc(OCCOCCOCCOC)c(C(=O)c2ccc(C(=O)N[C@@H]3CNC[C@@H]3NC(=O)c3ccc4c(c3)CN=C4)cc2)c1F. The van der Waals surface area contributed by atoms with Crippen molar-refractivity contribution in [1.82, 2.24) is 16.0 Å². The zero-order valence-corrected chi connectivity index (χ0v) is 26.8. The molecule has 5 rings (SSSR count). The van der Waals surface area contributed by atoms with Gasteiger partial charge in [0.25, 0.3) is 11.8 Å². The largest absolute Gasteiger partial charge is 0.490 e. The fourth-order valence-corrected chi connectivity index (χ4v) is 5.39. The summed E-state index contributed by atoms with van der Waals surface area (Å²) in [5, 5.41) is 9.19. The number of aliphatic imine (C=N–C) groups is 1. The van der Waals surface area contributed by atoms with Gasteiger partial charge in [-0.3, -0.25) is 19.4 Å². The maximum atomic E-state index is 15.4. The van der Waals surface area contributed by atoms with Crippen molar-refractivity contribution in [3.63, 3.8) is 0 Å². The van der Waals surface area contributed by atoms with Gasteiger partial charge in [-0.2, -0.15) is 0 Å². The van der Waals surface area contributed by atoms with Crippen LogP contribution < -0.4 is 20.7 Å². The van der Waals surface area contributed by atoms with Crippen LogP contribution >= 0.6 is 0 Å². The van der Waals surface area contributed by atoms with Crippen molar-refractivity contribution >= 4 is 29.9 Å². The Bertz CT molecular complexity index is 1660. The highest BCUT2D eigenvalue weighted by Crippen LogP contribution is 2.28. The number of hydrogen-bond acceptors (Lipinski definition) is 9. The van der Waals surface area contributed by atoms with Crippen LogP contribution in [0, 0.1) is 5.82 Å². The Kier molecular flexibility index (Phi) is 12.2. The molecule has 3 aromatic rings. The molecular formula is C36H39FN4O7. The summed E-state index contributed by atoms with van der Waals surface area (Å²) >= 11 is 0. The molecule has 11 nitrogen and oxygen atoms in total. The molecule has 2 amide bonds. The fraction of sp³-hybridized carbons (Fsp3) is 0.333. The van der Waals surface area contributed by atoms with E-state index in [1.807, 2.05) is 12.1 Å². The van der Waals surface area contributed by atoms with Crippen molar-refractivity contribution in [2.75, 3.05) is 59.8 Å². The average Bonchev–Trinajstić information content (AvgIpc) is 3.76. The third-order valence-corrected chi connectivity index (χ3v) is 8.02. The highest BCUT2D eigenvalue weighted by Gasteiger charge is 2.30. The molecule has 2 heterocycles. The Hall–Kier alpha value is -4.75. The number of ketones is 1. The van der Waals surface area contributed by atoms with Crippen molar-refractivity contribution in [1.29, 1.82) is 0 Å². The average molecular weight is 659 g/mol. The number of hydrogen-bond donors (Lipinski definition) is 3. The molecule has 0 saturated carbocycles. The van der Waals surface area contributed by atoms with Gasteiger partial charge in [-0.1, -0.05) is 30.9 Å². The van der Waals surface area contributed by atoms with E-state index in [1.165, 1.54) is 42.5 Å². The third-order valence-electron chi connectivity index (χ3n) is 8.02. The van der Waals surface area contributed by atoms with Crippen LogP contribution in [0.4, 0.5) is 4.39 Å². The molecule has 2 aliphatic heterocycles. The van der Waals surface area contributed by atoms with Crippen LogP contribution in [0.5, 0.6) is 5.75 Å². The lowest BCUT2D eigenvalue weighted by Crippen LogP contribution is -2.51. The number of carbonyl (C=O) groups is 3. The molecule has 0 spiro atoms. The maximum Gasteiger partial charge on any atom is 0.251 e. The second-order valence-corrected chi connectivity index (χ2v) is 11.2. The van der Waals surface area contributed by atoms with Gasteiger partial charge in [0.2, 0.25) is 0 Å². The number of carbonyl (C=O) groups excluding carboxylic acids is 3. The molecular weight excluding hydrogens is 619 g/mol. The van der Waals surface area contributed by atoms with E-state index in [0.29, 0.717) is 57.2 Å². The number of amides is 2. The Labute approximate surface area is 278 Å². The molecule has 1 fully saturated rings. The third kappa shape index (κ3) is 8.58. The molecule has 48 heavy (non-hydrogen) atoms. The zero-order chi connectivity index (χ0) is 33.9. The van der Waals surface area contributed by atoms with Crippen LogP contribution in [0.15, 0.2) is 66.2 Å². The quantitative estimate of drug-likeness (QED) is 0.149. The minimum atomic E-state index is -0.753. The lowest BCUT2D eigenvalue weighted by molar-refractivity contribution is 0.0179.